The highest BCUT2D eigenvalue weighted by Crippen LogP contribution is 2.17. The molecular formula is C67H120NO8+. The summed E-state index contributed by atoms with van der Waals surface area (Å²) in [5.41, 5.74) is 0. The Balaban J connectivity index is 4.17. The average Bonchev–Trinajstić information content (AvgIpc) is 3.39. The molecule has 0 fully saturated rings. The van der Waals surface area contributed by atoms with Crippen LogP contribution in [0.25, 0.3) is 0 Å². The fraction of sp³-hybridized carbons (Fsp3) is 0.776. The van der Waals surface area contributed by atoms with Gasteiger partial charge in [-0.2, -0.15) is 0 Å². The number of esters is 2. The number of carboxylic acids is 1. The smallest absolute Gasteiger partial charge is 0.361 e. The van der Waals surface area contributed by atoms with Gasteiger partial charge in [-0.25, -0.2) is 4.79 Å². The number of quaternary nitrogens is 1. The molecule has 0 amide bonds. The number of allylic oxidation sites excluding steroid dienone is 12. The van der Waals surface area contributed by atoms with E-state index in [1.54, 1.807) is 0 Å². The van der Waals surface area contributed by atoms with Crippen LogP contribution in [-0.4, -0.2) is 87.4 Å². The van der Waals surface area contributed by atoms with E-state index >= 15 is 0 Å². The minimum Gasteiger partial charge on any atom is -0.477 e. The lowest BCUT2D eigenvalue weighted by molar-refractivity contribution is -0.870. The molecule has 9 heteroatoms. The number of ether oxygens (including phenoxy) is 4. The van der Waals surface area contributed by atoms with E-state index in [0.717, 1.165) is 83.5 Å². The third kappa shape index (κ3) is 58.4. The minimum atomic E-state index is -1.51. The van der Waals surface area contributed by atoms with E-state index in [1.807, 2.05) is 21.1 Å². The molecule has 2 atom stereocenters. The number of unbranched alkanes of at least 4 members (excludes halogenated alkanes) is 31. The van der Waals surface area contributed by atoms with Gasteiger partial charge < -0.3 is 28.5 Å². The Bertz CT molecular complexity index is 1470. The summed E-state index contributed by atoms with van der Waals surface area (Å²) in [6, 6.07) is 0. The first-order valence-electron chi connectivity index (χ1n) is 31.6. The molecule has 76 heavy (non-hydrogen) atoms. The zero-order chi connectivity index (χ0) is 55.5. The summed E-state index contributed by atoms with van der Waals surface area (Å²) in [7, 11) is 5.98. The van der Waals surface area contributed by atoms with Crippen molar-refractivity contribution in [2.45, 2.75) is 289 Å². The first kappa shape index (κ1) is 72.7. The van der Waals surface area contributed by atoms with Crippen molar-refractivity contribution in [1.82, 2.24) is 0 Å². The van der Waals surface area contributed by atoms with Gasteiger partial charge in [-0.1, -0.05) is 273 Å². The van der Waals surface area contributed by atoms with Gasteiger partial charge in [-0.15, -0.1) is 0 Å². The molecule has 0 aliphatic heterocycles. The number of aliphatic carboxylic acids is 1. The highest BCUT2D eigenvalue weighted by atomic mass is 16.7. The van der Waals surface area contributed by atoms with Gasteiger partial charge in [-0.05, 0) is 64.2 Å². The molecule has 9 nitrogen and oxygen atoms in total. The van der Waals surface area contributed by atoms with Crippen LogP contribution in [0.4, 0.5) is 0 Å². The highest BCUT2D eigenvalue weighted by Gasteiger charge is 2.25. The van der Waals surface area contributed by atoms with Crippen LogP contribution in [0.2, 0.25) is 0 Å². The van der Waals surface area contributed by atoms with Crippen molar-refractivity contribution in [3.63, 3.8) is 0 Å². The van der Waals surface area contributed by atoms with E-state index in [-0.39, 0.29) is 32.2 Å². The average molecular weight is 1070 g/mol. The van der Waals surface area contributed by atoms with Crippen molar-refractivity contribution in [1.29, 1.82) is 0 Å². The zero-order valence-corrected chi connectivity index (χ0v) is 50.2. The van der Waals surface area contributed by atoms with Crippen molar-refractivity contribution >= 4 is 17.9 Å². The quantitative estimate of drug-likeness (QED) is 0.0211. The Morgan fingerprint density at radius 3 is 1.12 bits per heavy atom. The molecule has 440 valence electrons. The standard InChI is InChI=1S/C67H119NO8/c1-6-8-10-12-14-16-18-20-22-24-26-28-29-30-31-32-33-34-35-36-37-38-40-42-44-46-48-50-52-54-56-58-65(70)76-63(62-75-67(66(71)72)73-60-59-68(3,4)5)61-74-64(69)57-55-53-51-49-47-45-43-41-39-27-25-23-21-19-17-15-13-11-9-7-2/h8,10,14,16,20,22,26,28,30-31,33-34,63,67H,6-7,9,11-13,15,17-19,21,23-25,27,29,32,35-62H2,1-5H3/p+1/b10-8-,16-14-,22-20-,28-26-,31-30-,34-33-. The van der Waals surface area contributed by atoms with Gasteiger partial charge in [0.05, 0.1) is 34.4 Å². The van der Waals surface area contributed by atoms with Crippen molar-refractivity contribution in [3.8, 4) is 0 Å². The lowest BCUT2D eigenvalue weighted by atomic mass is 10.0. The molecule has 0 aromatic heterocycles. The maximum absolute atomic E-state index is 12.9. The summed E-state index contributed by atoms with van der Waals surface area (Å²) in [6.07, 6.45) is 72.7. The molecule has 0 saturated carbocycles. The number of rotatable bonds is 58. The van der Waals surface area contributed by atoms with Gasteiger partial charge in [0.15, 0.2) is 6.10 Å². The monoisotopic (exact) mass is 1070 g/mol. The lowest BCUT2D eigenvalue weighted by Crippen LogP contribution is -2.40. The first-order valence-corrected chi connectivity index (χ1v) is 31.6. The highest BCUT2D eigenvalue weighted by molar-refractivity contribution is 5.71. The van der Waals surface area contributed by atoms with Gasteiger partial charge >= 0.3 is 17.9 Å². The fourth-order valence-electron chi connectivity index (χ4n) is 8.90. The lowest BCUT2D eigenvalue weighted by Gasteiger charge is -2.25. The number of hydrogen-bond donors (Lipinski definition) is 1. The second-order valence-corrected chi connectivity index (χ2v) is 22.3. The summed E-state index contributed by atoms with van der Waals surface area (Å²) < 4.78 is 22.9. The maximum atomic E-state index is 12.9. The number of carbonyl (C=O) groups excluding carboxylic acids is 2. The fourth-order valence-corrected chi connectivity index (χ4v) is 8.90. The molecule has 0 heterocycles. The molecule has 0 radical (unpaired) electrons. The van der Waals surface area contributed by atoms with Gasteiger partial charge in [0.2, 0.25) is 0 Å². The normalized spacial score (nSPS) is 13.2. The van der Waals surface area contributed by atoms with Crippen molar-refractivity contribution in [2.75, 3.05) is 47.5 Å². The van der Waals surface area contributed by atoms with Crippen LogP contribution < -0.4 is 0 Å². The van der Waals surface area contributed by atoms with Crippen molar-refractivity contribution in [3.05, 3.63) is 72.9 Å². The Morgan fingerprint density at radius 1 is 0.408 bits per heavy atom. The second-order valence-electron chi connectivity index (χ2n) is 22.3. The summed E-state index contributed by atoms with van der Waals surface area (Å²) in [5, 5.41) is 9.72. The molecule has 0 saturated heterocycles. The largest absolute Gasteiger partial charge is 0.477 e. The Labute approximate surface area is 468 Å². The van der Waals surface area contributed by atoms with Crippen LogP contribution in [0.5, 0.6) is 0 Å². The van der Waals surface area contributed by atoms with Crippen LogP contribution in [0.15, 0.2) is 72.9 Å². The van der Waals surface area contributed by atoms with Gasteiger partial charge in [0, 0.05) is 12.8 Å². The summed E-state index contributed by atoms with van der Waals surface area (Å²) in [4.78, 5) is 37.5. The van der Waals surface area contributed by atoms with Crippen LogP contribution in [0, 0.1) is 0 Å². The third-order valence-corrected chi connectivity index (χ3v) is 13.7. The molecule has 0 aromatic rings. The van der Waals surface area contributed by atoms with E-state index in [0.29, 0.717) is 17.4 Å². The summed E-state index contributed by atoms with van der Waals surface area (Å²) in [5.74, 6) is -1.99. The minimum absolute atomic E-state index is 0.181. The van der Waals surface area contributed by atoms with Gasteiger partial charge in [-0.3, -0.25) is 9.59 Å². The van der Waals surface area contributed by atoms with Crippen LogP contribution in [-0.2, 0) is 33.3 Å². The maximum Gasteiger partial charge on any atom is 0.361 e. The van der Waals surface area contributed by atoms with Crippen LogP contribution in [0.1, 0.15) is 277 Å². The number of carboxylic acid groups (broad SMARTS) is 1. The number of likely N-dealkylation sites (N-methyl/N-ethyl adjacent to an activating group) is 1. The zero-order valence-electron chi connectivity index (χ0n) is 50.2. The number of carbonyl (C=O) groups is 3. The molecule has 0 spiro atoms. The predicted octanol–water partition coefficient (Wildman–Crippen LogP) is 19.0. The summed E-state index contributed by atoms with van der Waals surface area (Å²) in [6.45, 7) is 4.80. The molecule has 0 aliphatic rings. The molecular weight excluding hydrogens is 947 g/mol. The number of nitrogens with zero attached hydrogens (tertiary/aromatic N) is 1. The Kier molecular flexibility index (Phi) is 55.4. The Hall–Kier alpha value is -3.27. The van der Waals surface area contributed by atoms with Crippen LogP contribution in [0.3, 0.4) is 0 Å². The van der Waals surface area contributed by atoms with E-state index < -0.39 is 24.3 Å². The van der Waals surface area contributed by atoms with E-state index in [2.05, 4.69) is 86.8 Å². The topological polar surface area (TPSA) is 108 Å². The van der Waals surface area contributed by atoms with Crippen molar-refractivity contribution in [2.24, 2.45) is 0 Å². The van der Waals surface area contributed by atoms with Gasteiger partial charge in [0.1, 0.15) is 13.2 Å². The van der Waals surface area contributed by atoms with E-state index in [1.165, 1.54) is 167 Å². The molecule has 1 N–H and O–H groups in total. The van der Waals surface area contributed by atoms with E-state index in [4.69, 9.17) is 18.9 Å². The molecule has 0 aliphatic carbocycles. The molecule has 0 rings (SSSR count). The second kappa shape index (κ2) is 57.9. The molecule has 0 bridgehead atoms. The third-order valence-electron chi connectivity index (χ3n) is 13.7. The number of hydrogen-bond acceptors (Lipinski definition) is 7. The Morgan fingerprint density at radius 2 is 0.750 bits per heavy atom. The predicted molar refractivity (Wildman–Crippen MR) is 323 cm³/mol. The SMILES string of the molecule is CC/C=C\C/C=C\C/C=C\C/C=C\C/C=C\C/C=C\CCCCCCCCCCCCCCC(=O)OC(COC(=O)CCCCCCCCCCCCCCCCCCCCCC)COC(OCC[N+](C)(C)C)C(=O)O. The molecule has 2 unspecified atom stereocenters. The van der Waals surface area contributed by atoms with Crippen LogP contribution >= 0.6 is 0 Å². The van der Waals surface area contributed by atoms with E-state index in [9.17, 15) is 19.5 Å². The summed E-state index contributed by atoms with van der Waals surface area (Å²) >= 11 is 0. The first-order chi connectivity index (χ1) is 37.1. The molecule has 0 aromatic carbocycles. The van der Waals surface area contributed by atoms with Gasteiger partial charge in [0.25, 0.3) is 6.29 Å². The van der Waals surface area contributed by atoms with Crippen molar-refractivity contribution < 1.29 is 42.9 Å².